The number of rotatable bonds is 8. The summed E-state index contributed by atoms with van der Waals surface area (Å²) in [6.07, 6.45) is -1.81. The van der Waals surface area contributed by atoms with Crippen LogP contribution in [0.3, 0.4) is 0 Å². The molecular weight excluding hydrogens is 344 g/mol. The van der Waals surface area contributed by atoms with Crippen LogP contribution >= 0.6 is 0 Å². The maximum absolute atomic E-state index is 14.0. The zero-order valence-electron chi connectivity index (χ0n) is 15.4. The van der Waals surface area contributed by atoms with Gasteiger partial charge in [0, 0.05) is 12.2 Å². The van der Waals surface area contributed by atoms with Crippen LogP contribution in [0.2, 0.25) is 0 Å². The van der Waals surface area contributed by atoms with E-state index in [1.165, 1.54) is 6.08 Å². The minimum Gasteiger partial charge on any atom is -0.407 e. The summed E-state index contributed by atoms with van der Waals surface area (Å²) in [7, 11) is -1.23. The van der Waals surface area contributed by atoms with Crippen LogP contribution in [-0.4, -0.2) is 36.6 Å². The smallest absolute Gasteiger partial charge is 0.407 e. The van der Waals surface area contributed by atoms with E-state index in [9.17, 15) is 13.2 Å². The van der Waals surface area contributed by atoms with Crippen LogP contribution in [0.1, 0.15) is 33.3 Å². The van der Waals surface area contributed by atoms with Crippen molar-refractivity contribution in [2.24, 2.45) is 0 Å². The summed E-state index contributed by atoms with van der Waals surface area (Å²) in [5.41, 5.74) is -3.76. The molecule has 0 aliphatic carbocycles. The van der Waals surface area contributed by atoms with Crippen molar-refractivity contribution in [2.45, 2.75) is 57.2 Å². The van der Waals surface area contributed by atoms with Crippen molar-refractivity contribution in [1.82, 2.24) is 0 Å². The van der Waals surface area contributed by atoms with Gasteiger partial charge >= 0.3 is 13.3 Å². The van der Waals surface area contributed by atoms with E-state index in [0.29, 0.717) is 5.56 Å². The number of benzene rings is 1. The van der Waals surface area contributed by atoms with Crippen molar-refractivity contribution in [3.05, 3.63) is 54.6 Å². The Morgan fingerprint density at radius 1 is 1.08 bits per heavy atom. The van der Waals surface area contributed by atoms with Gasteiger partial charge in [-0.1, -0.05) is 42.5 Å². The summed E-state index contributed by atoms with van der Waals surface area (Å²) < 4.78 is 58.5. The molecule has 0 unspecified atom stereocenters. The molecule has 1 aliphatic rings. The zero-order chi connectivity index (χ0) is 19.6. The topological polar surface area (TPSA) is 31.0 Å². The number of halogens is 3. The highest BCUT2D eigenvalue weighted by atomic mass is 19.4. The third-order valence-electron chi connectivity index (χ3n) is 4.04. The van der Waals surface area contributed by atoms with Crippen molar-refractivity contribution in [3.63, 3.8) is 0 Å². The first-order valence-corrected chi connectivity index (χ1v) is 8.53. The van der Waals surface area contributed by atoms with Gasteiger partial charge in [-0.15, -0.1) is 6.58 Å². The molecule has 26 heavy (non-hydrogen) atoms. The molecule has 3 nitrogen and oxygen atoms in total. The maximum atomic E-state index is 14.0. The van der Waals surface area contributed by atoms with Crippen LogP contribution < -0.4 is 0 Å². The van der Waals surface area contributed by atoms with E-state index in [0.717, 1.165) is 12.2 Å². The summed E-state index contributed by atoms with van der Waals surface area (Å²) in [5, 5.41) is 0. The number of alkyl halides is 3. The molecule has 1 aliphatic heterocycles. The highest BCUT2D eigenvalue weighted by Gasteiger charge is 2.85. The normalized spacial score (nSPS) is 25.9. The van der Waals surface area contributed by atoms with Crippen molar-refractivity contribution in [2.75, 3.05) is 0 Å². The van der Waals surface area contributed by atoms with E-state index in [1.807, 2.05) is 0 Å². The van der Waals surface area contributed by atoms with Gasteiger partial charge < -0.3 is 14.0 Å². The van der Waals surface area contributed by atoms with Crippen LogP contribution in [-0.2, 0) is 14.0 Å². The molecule has 2 rings (SSSR count). The fourth-order valence-corrected chi connectivity index (χ4v) is 2.80. The highest BCUT2D eigenvalue weighted by Crippen LogP contribution is 2.61. The largest absolute Gasteiger partial charge is 0.499 e. The predicted molar refractivity (Wildman–Crippen MR) is 96.5 cm³/mol. The molecule has 1 aromatic carbocycles. The van der Waals surface area contributed by atoms with Crippen LogP contribution in [0.5, 0.6) is 0 Å². The third kappa shape index (κ3) is 3.90. The lowest BCUT2D eigenvalue weighted by atomic mass is 9.63. The minimum absolute atomic E-state index is 0.344. The Kier molecular flexibility index (Phi) is 6.05. The van der Waals surface area contributed by atoms with Crippen molar-refractivity contribution in [3.8, 4) is 0 Å². The highest BCUT2D eigenvalue weighted by molar-refractivity contribution is 6.51. The second-order valence-electron chi connectivity index (χ2n) is 6.78. The number of hydrogen-bond acceptors (Lipinski definition) is 3. The van der Waals surface area contributed by atoms with Gasteiger partial charge in [-0.05, 0) is 39.3 Å². The molecule has 1 fully saturated rings. The molecular formula is C19H24BF3O3. The number of epoxide rings is 1. The average Bonchev–Trinajstić information content (AvgIpc) is 3.23. The molecule has 0 saturated carbocycles. The average molecular weight is 368 g/mol. The Morgan fingerprint density at radius 3 is 2.04 bits per heavy atom. The SMILES string of the molecule is C=C[C@@]1(B(OC(C)C)OC(C)C)O[C@]1(/C=C/c1ccccc1)C(F)(F)F. The lowest BCUT2D eigenvalue weighted by Crippen LogP contribution is -2.51. The molecule has 0 radical (unpaired) electrons. The Morgan fingerprint density at radius 2 is 1.62 bits per heavy atom. The number of hydrogen-bond donors (Lipinski definition) is 0. The molecule has 0 N–H and O–H groups in total. The Hall–Kier alpha value is -1.57. The predicted octanol–water partition coefficient (Wildman–Crippen LogP) is 4.83. The molecule has 1 aromatic rings. The standard InChI is InChI=1S/C19H24BF3O3/c1-6-18(20(24-14(2)3)25-15(4)5)17(26-18,19(21,22)23)13-12-16-10-8-7-9-11-16/h6-15H,1H2,2-5H3/b13-12+/t17-,18+/m0/s1. The molecule has 2 atom stereocenters. The fourth-order valence-electron chi connectivity index (χ4n) is 2.80. The Balaban J connectivity index is 2.43. The molecule has 7 heteroatoms. The molecule has 1 saturated heterocycles. The Labute approximate surface area is 153 Å². The zero-order valence-corrected chi connectivity index (χ0v) is 15.4. The van der Waals surface area contributed by atoms with E-state index < -0.39 is 24.4 Å². The number of ether oxygens (including phenoxy) is 1. The monoisotopic (exact) mass is 368 g/mol. The second kappa shape index (κ2) is 7.58. The summed E-state index contributed by atoms with van der Waals surface area (Å²) in [5.74, 6) is 0. The van der Waals surface area contributed by atoms with E-state index in [1.54, 1.807) is 58.0 Å². The van der Waals surface area contributed by atoms with Gasteiger partial charge in [0.05, 0.1) is 0 Å². The van der Waals surface area contributed by atoms with E-state index in [-0.39, 0.29) is 12.2 Å². The first kappa shape index (κ1) is 20.7. The minimum atomic E-state index is -4.66. The molecule has 0 amide bonds. The lowest BCUT2D eigenvalue weighted by molar-refractivity contribution is -0.169. The van der Waals surface area contributed by atoms with Gasteiger partial charge in [0.1, 0.15) is 0 Å². The van der Waals surface area contributed by atoms with Crippen molar-refractivity contribution in [1.29, 1.82) is 0 Å². The quantitative estimate of drug-likeness (QED) is 0.374. The molecule has 0 bridgehead atoms. The summed E-state index contributed by atoms with van der Waals surface area (Å²) in [4.78, 5) is 0. The lowest BCUT2D eigenvalue weighted by Gasteiger charge is -2.25. The molecule has 142 valence electrons. The van der Waals surface area contributed by atoms with Gasteiger partial charge in [-0.25, -0.2) is 0 Å². The third-order valence-corrected chi connectivity index (χ3v) is 4.04. The van der Waals surface area contributed by atoms with E-state index in [4.69, 9.17) is 14.0 Å². The van der Waals surface area contributed by atoms with Crippen molar-refractivity contribution >= 4 is 13.2 Å². The fraction of sp³-hybridized carbons (Fsp3) is 0.474. The van der Waals surface area contributed by atoms with Crippen molar-refractivity contribution < 1.29 is 27.2 Å². The maximum Gasteiger partial charge on any atom is 0.499 e. The summed E-state index contributed by atoms with van der Waals surface area (Å²) in [6, 6.07) is 8.72. The first-order chi connectivity index (χ1) is 12.1. The summed E-state index contributed by atoms with van der Waals surface area (Å²) >= 11 is 0. The van der Waals surface area contributed by atoms with Crippen LogP contribution in [0, 0.1) is 0 Å². The van der Waals surface area contributed by atoms with Crippen LogP contribution in [0.4, 0.5) is 13.2 Å². The molecule has 0 spiro atoms. The van der Waals surface area contributed by atoms with E-state index in [2.05, 4.69) is 6.58 Å². The molecule has 1 heterocycles. The second-order valence-corrected chi connectivity index (χ2v) is 6.78. The van der Waals surface area contributed by atoms with Gasteiger partial charge in [0.15, 0.2) is 5.50 Å². The van der Waals surface area contributed by atoms with E-state index >= 15 is 0 Å². The van der Waals surface area contributed by atoms with Crippen LogP contribution in [0.15, 0.2) is 49.1 Å². The van der Waals surface area contributed by atoms with Crippen LogP contribution in [0.25, 0.3) is 6.08 Å². The summed E-state index contributed by atoms with van der Waals surface area (Å²) in [6.45, 7) is 10.5. The Bertz CT molecular complexity index is 635. The van der Waals surface area contributed by atoms with Gasteiger partial charge in [-0.3, -0.25) is 0 Å². The van der Waals surface area contributed by atoms with Gasteiger partial charge in [-0.2, -0.15) is 13.2 Å². The molecule has 0 aromatic heterocycles. The first-order valence-electron chi connectivity index (χ1n) is 8.53. The van der Waals surface area contributed by atoms with Gasteiger partial charge in [0.2, 0.25) is 5.60 Å². The van der Waals surface area contributed by atoms with Gasteiger partial charge in [0.25, 0.3) is 0 Å².